The van der Waals surface area contributed by atoms with Crippen LogP contribution in [-0.2, 0) is 0 Å². The third kappa shape index (κ3) is 2.97. The van der Waals surface area contributed by atoms with Gasteiger partial charge in [0.15, 0.2) is 5.11 Å². The molecule has 1 saturated heterocycles. The smallest absolute Gasteiger partial charge is 0.173 e. The predicted octanol–water partition coefficient (Wildman–Crippen LogP) is 3.65. The topological polar surface area (TPSA) is 15.3 Å². The van der Waals surface area contributed by atoms with Crippen LogP contribution in [0.2, 0.25) is 0 Å². The number of nitrogens with zero attached hydrogens (tertiary/aromatic N) is 1. The molecule has 0 bridgehead atoms. The molecule has 1 fully saturated rings. The van der Waals surface area contributed by atoms with Crippen LogP contribution in [0.25, 0.3) is 0 Å². The lowest BCUT2D eigenvalue weighted by Crippen LogP contribution is -2.49. The minimum Gasteiger partial charge on any atom is -0.344 e. The fraction of sp³-hybridized carbons (Fsp3) is 0.500. The minimum absolute atomic E-state index is 0.544. The Kier molecular flexibility index (Phi) is 4.00. The Labute approximate surface area is 109 Å². The van der Waals surface area contributed by atoms with Crippen molar-refractivity contribution in [1.82, 2.24) is 4.90 Å². The molecule has 2 nitrogen and oxygen atoms in total. The number of para-hydroxylation sites is 1. The van der Waals surface area contributed by atoms with Crippen LogP contribution in [0.1, 0.15) is 33.1 Å². The second-order valence-corrected chi connectivity index (χ2v) is 5.22. The maximum Gasteiger partial charge on any atom is 0.173 e. The fourth-order valence-electron chi connectivity index (χ4n) is 2.53. The molecule has 2 rings (SSSR count). The summed E-state index contributed by atoms with van der Waals surface area (Å²) in [5.41, 5.74) is 1.07. The van der Waals surface area contributed by atoms with E-state index in [4.69, 9.17) is 12.2 Å². The number of thiocarbonyl (C=S) groups is 1. The Balaban J connectivity index is 2.04. The van der Waals surface area contributed by atoms with Crippen molar-refractivity contribution in [3.63, 3.8) is 0 Å². The van der Waals surface area contributed by atoms with E-state index in [1.165, 1.54) is 19.3 Å². The average Bonchev–Trinajstić information content (AvgIpc) is 2.30. The zero-order chi connectivity index (χ0) is 12.3. The number of anilines is 1. The second-order valence-electron chi connectivity index (χ2n) is 4.83. The number of hydrogen-bond acceptors (Lipinski definition) is 1. The molecule has 0 aliphatic carbocycles. The van der Waals surface area contributed by atoms with Gasteiger partial charge in [-0.05, 0) is 57.5 Å². The molecule has 1 heterocycles. The summed E-state index contributed by atoms with van der Waals surface area (Å²) in [5.74, 6) is 0. The first-order valence-corrected chi connectivity index (χ1v) is 6.73. The molecule has 0 aromatic heterocycles. The minimum atomic E-state index is 0.544. The van der Waals surface area contributed by atoms with Crippen molar-refractivity contribution in [1.29, 1.82) is 0 Å². The molecule has 2 unspecified atom stereocenters. The van der Waals surface area contributed by atoms with Gasteiger partial charge in [0.1, 0.15) is 0 Å². The normalized spacial score (nSPS) is 24.5. The molecule has 0 amide bonds. The molecule has 92 valence electrons. The molecule has 0 radical (unpaired) electrons. The first-order valence-electron chi connectivity index (χ1n) is 6.33. The lowest BCUT2D eigenvalue weighted by atomic mass is 9.98. The highest BCUT2D eigenvalue weighted by molar-refractivity contribution is 7.80. The van der Waals surface area contributed by atoms with Crippen LogP contribution in [0.15, 0.2) is 30.3 Å². The number of nitrogens with one attached hydrogen (secondary N) is 1. The van der Waals surface area contributed by atoms with Gasteiger partial charge >= 0.3 is 0 Å². The second kappa shape index (κ2) is 5.50. The van der Waals surface area contributed by atoms with E-state index in [0.29, 0.717) is 12.1 Å². The van der Waals surface area contributed by atoms with Crippen LogP contribution in [0.5, 0.6) is 0 Å². The molecule has 3 heteroatoms. The summed E-state index contributed by atoms with van der Waals surface area (Å²) in [7, 11) is 0. The molecule has 1 aliphatic rings. The Morgan fingerprint density at radius 2 is 1.76 bits per heavy atom. The van der Waals surface area contributed by atoms with Crippen molar-refractivity contribution < 1.29 is 0 Å². The predicted molar refractivity (Wildman–Crippen MR) is 77.3 cm³/mol. The number of benzene rings is 1. The van der Waals surface area contributed by atoms with Gasteiger partial charge in [-0.25, -0.2) is 0 Å². The van der Waals surface area contributed by atoms with E-state index < -0.39 is 0 Å². The maximum absolute atomic E-state index is 5.52. The lowest BCUT2D eigenvalue weighted by molar-refractivity contribution is 0.194. The van der Waals surface area contributed by atoms with Crippen molar-refractivity contribution in [3.05, 3.63) is 30.3 Å². The summed E-state index contributed by atoms with van der Waals surface area (Å²) < 4.78 is 0. The van der Waals surface area contributed by atoms with E-state index >= 15 is 0 Å². The third-order valence-corrected chi connectivity index (χ3v) is 3.77. The van der Waals surface area contributed by atoms with Gasteiger partial charge in [-0.15, -0.1) is 0 Å². The van der Waals surface area contributed by atoms with Crippen LogP contribution < -0.4 is 5.32 Å². The van der Waals surface area contributed by atoms with Crippen LogP contribution in [0.3, 0.4) is 0 Å². The van der Waals surface area contributed by atoms with Gasteiger partial charge in [0, 0.05) is 17.8 Å². The van der Waals surface area contributed by atoms with Crippen molar-refractivity contribution in [2.24, 2.45) is 0 Å². The molecular weight excluding hydrogens is 228 g/mol. The summed E-state index contributed by atoms with van der Waals surface area (Å²) in [6.45, 7) is 4.52. The van der Waals surface area contributed by atoms with Gasteiger partial charge in [-0.2, -0.15) is 0 Å². The number of hydrogen-bond donors (Lipinski definition) is 1. The maximum atomic E-state index is 5.52. The monoisotopic (exact) mass is 248 g/mol. The Morgan fingerprint density at radius 1 is 1.18 bits per heavy atom. The quantitative estimate of drug-likeness (QED) is 0.764. The van der Waals surface area contributed by atoms with Gasteiger partial charge in [-0.1, -0.05) is 18.2 Å². The molecule has 1 aromatic rings. The molecule has 0 saturated carbocycles. The molecule has 1 aliphatic heterocycles. The van der Waals surface area contributed by atoms with E-state index in [1.54, 1.807) is 0 Å². The Morgan fingerprint density at radius 3 is 2.35 bits per heavy atom. The molecule has 0 spiro atoms. The summed E-state index contributed by atoms with van der Waals surface area (Å²) >= 11 is 5.52. The summed E-state index contributed by atoms with van der Waals surface area (Å²) in [6, 6.07) is 11.2. The van der Waals surface area contributed by atoms with Crippen LogP contribution >= 0.6 is 12.2 Å². The first-order chi connectivity index (χ1) is 8.18. The van der Waals surface area contributed by atoms with Crippen molar-refractivity contribution >= 4 is 23.0 Å². The zero-order valence-electron chi connectivity index (χ0n) is 10.5. The highest BCUT2D eigenvalue weighted by Gasteiger charge is 2.26. The highest BCUT2D eigenvalue weighted by Crippen LogP contribution is 2.23. The number of likely N-dealkylation sites (tertiary alicyclic amines) is 1. The standard InChI is InChI=1S/C14H20N2S/c1-11-7-6-8-12(2)16(11)14(17)15-13-9-4-3-5-10-13/h3-5,9-12H,6-8H2,1-2H3,(H,15,17). The summed E-state index contributed by atoms with van der Waals surface area (Å²) in [4.78, 5) is 2.34. The van der Waals surface area contributed by atoms with Gasteiger partial charge in [0.25, 0.3) is 0 Å². The molecule has 2 atom stereocenters. The molecule has 1 N–H and O–H groups in total. The number of piperidine rings is 1. The van der Waals surface area contributed by atoms with Crippen molar-refractivity contribution in [2.45, 2.75) is 45.2 Å². The van der Waals surface area contributed by atoms with E-state index in [0.717, 1.165) is 10.8 Å². The van der Waals surface area contributed by atoms with Gasteiger partial charge in [0.2, 0.25) is 0 Å². The van der Waals surface area contributed by atoms with Crippen LogP contribution in [0.4, 0.5) is 5.69 Å². The molecule has 1 aromatic carbocycles. The van der Waals surface area contributed by atoms with Crippen molar-refractivity contribution in [2.75, 3.05) is 5.32 Å². The van der Waals surface area contributed by atoms with Crippen molar-refractivity contribution in [3.8, 4) is 0 Å². The van der Waals surface area contributed by atoms with Gasteiger partial charge in [0.05, 0.1) is 0 Å². The van der Waals surface area contributed by atoms with E-state index in [1.807, 2.05) is 30.3 Å². The Bertz CT molecular complexity index is 367. The van der Waals surface area contributed by atoms with E-state index in [9.17, 15) is 0 Å². The molecular formula is C14H20N2S. The van der Waals surface area contributed by atoms with Gasteiger partial charge < -0.3 is 10.2 Å². The lowest BCUT2D eigenvalue weighted by Gasteiger charge is -2.40. The Hall–Kier alpha value is -1.09. The first kappa shape index (κ1) is 12.4. The fourth-order valence-corrected chi connectivity index (χ4v) is 3.01. The average molecular weight is 248 g/mol. The van der Waals surface area contributed by atoms with Crippen LogP contribution in [0, 0.1) is 0 Å². The van der Waals surface area contributed by atoms with Gasteiger partial charge in [-0.3, -0.25) is 0 Å². The molecule has 17 heavy (non-hydrogen) atoms. The SMILES string of the molecule is CC1CCCC(C)N1C(=S)Nc1ccccc1. The van der Waals surface area contributed by atoms with E-state index in [2.05, 4.69) is 24.1 Å². The highest BCUT2D eigenvalue weighted by atomic mass is 32.1. The third-order valence-electron chi connectivity index (χ3n) is 3.45. The summed E-state index contributed by atoms with van der Waals surface area (Å²) in [6.07, 6.45) is 3.79. The van der Waals surface area contributed by atoms with Crippen LogP contribution in [-0.4, -0.2) is 22.1 Å². The number of rotatable bonds is 1. The zero-order valence-corrected chi connectivity index (χ0v) is 11.3. The summed E-state index contributed by atoms with van der Waals surface area (Å²) in [5, 5.41) is 4.19. The van der Waals surface area contributed by atoms with E-state index in [-0.39, 0.29) is 0 Å². The largest absolute Gasteiger partial charge is 0.344 e.